The topological polar surface area (TPSA) is 38.5 Å². The molecular formula is C14H21FN2O. The fourth-order valence-corrected chi connectivity index (χ4v) is 2.55. The lowest BCUT2D eigenvalue weighted by atomic mass is 10.0. The molecule has 0 aliphatic carbocycles. The van der Waals surface area contributed by atoms with E-state index < -0.39 is 0 Å². The van der Waals surface area contributed by atoms with Gasteiger partial charge < -0.3 is 15.4 Å². The van der Waals surface area contributed by atoms with E-state index in [1.54, 1.807) is 6.07 Å². The Morgan fingerprint density at radius 2 is 2.06 bits per heavy atom. The Bertz CT molecular complexity index is 403. The zero-order valence-corrected chi connectivity index (χ0v) is 11.0. The van der Waals surface area contributed by atoms with E-state index in [9.17, 15) is 4.39 Å². The normalized spacial score (nSPS) is 18.7. The largest absolute Gasteiger partial charge is 0.381 e. The third-order valence-electron chi connectivity index (χ3n) is 3.60. The summed E-state index contributed by atoms with van der Waals surface area (Å²) in [5.74, 6) is -0.221. The molecule has 2 N–H and O–H groups in total. The summed E-state index contributed by atoms with van der Waals surface area (Å²) in [6, 6.07) is 5.26. The molecule has 0 spiro atoms. The number of benzene rings is 1. The highest BCUT2D eigenvalue weighted by Gasteiger charge is 2.22. The van der Waals surface area contributed by atoms with Crippen LogP contribution in [0.15, 0.2) is 18.2 Å². The molecule has 3 nitrogen and oxygen atoms in total. The van der Waals surface area contributed by atoms with Crippen LogP contribution in [0.2, 0.25) is 0 Å². The molecule has 1 saturated heterocycles. The first-order chi connectivity index (χ1) is 8.61. The van der Waals surface area contributed by atoms with Crippen molar-refractivity contribution in [2.75, 3.05) is 25.2 Å². The van der Waals surface area contributed by atoms with Gasteiger partial charge in [0.1, 0.15) is 5.82 Å². The summed E-state index contributed by atoms with van der Waals surface area (Å²) in [4.78, 5) is 2.14. The summed E-state index contributed by atoms with van der Waals surface area (Å²) in [7, 11) is 2.01. The second-order valence-corrected chi connectivity index (χ2v) is 4.92. The van der Waals surface area contributed by atoms with Crippen LogP contribution in [0, 0.1) is 5.82 Å². The lowest BCUT2D eigenvalue weighted by molar-refractivity contribution is 0.0854. The van der Waals surface area contributed by atoms with Crippen molar-refractivity contribution < 1.29 is 9.13 Å². The molecule has 0 amide bonds. The maximum absolute atomic E-state index is 13.9. The van der Waals surface area contributed by atoms with Crippen molar-refractivity contribution in [3.8, 4) is 0 Å². The molecule has 1 aromatic rings. The number of hydrogen-bond donors (Lipinski definition) is 1. The Kier molecular flexibility index (Phi) is 4.19. The van der Waals surface area contributed by atoms with Crippen LogP contribution in [0.5, 0.6) is 0 Å². The van der Waals surface area contributed by atoms with Crippen LogP contribution in [0.3, 0.4) is 0 Å². The predicted octanol–water partition coefficient (Wildman–Crippen LogP) is 2.46. The van der Waals surface area contributed by atoms with Crippen LogP contribution in [0.25, 0.3) is 0 Å². The van der Waals surface area contributed by atoms with E-state index >= 15 is 0 Å². The van der Waals surface area contributed by atoms with Crippen LogP contribution < -0.4 is 10.6 Å². The van der Waals surface area contributed by atoms with Crippen molar-refractivity contribution in [2.24, 2.45) is 5.73 Å². The van der Waals surface area contributed by atoms with Crippen molar-refractivity contribution in [3.05, 3.63) is 29.6 Å². The standard InChI is InChI=1S/C14H21FN2O/c1-10(16)14-12(15)4-3-5-13(14)17(2)11-6-8-18-9-7-11/h3-5,10-11H,6-9,16H2,1-2H3/t10-/m0/s1. The minimum absolute atomic E-state index is 0.221. The molecule has 1 fully saturated rings. The van der Waals surface area contributed by atoms with Gasteiger partial charge in [-0.1, -0.05) is 6.07 Å². The lowest BCUT2D eigenvalue weighted by Gasteiger charge is -2.34. The smallest absolute Gasteiger partial charge is 0.130 e. The Morgan fingerprint density at radius 1 is 1.39 bits per heavy atom. The highest BCUT2D eigenvalue weighted by Crippen LogP contribution is 2.30. The molecular weight excluding hydrogens is 231 g/mol. The van der Waals surface area contributed by atoms with Gasteiger partial charge in [0.25, 0.3) is 0 Å². The highest BCUT2D eigenvalue weighted by molar-refractivity contribution is 5.55. The molecule has 1 aromatic carbocycles. The van der Waals surface area contributed by atoms with Gasteiger partial charge in [0.05, 0.1) is 0 Å². The molecule has 0 aromatic heterocycles. The fraction of sp³-hybridized carbons (Fsp3) is 0.571. The first-order valence-corrected chi connectivity index (χ1v) is 6.46. The molecule has 0 radical (unpaired) electrons. The molecule has 100 valence electrons. The lowest BCUT2D eigenvalue weighted by Crippen LogP contribution is -2.37. The average molecular weight is 252 g/mol. The maximum atomic E-state index is 13.9. The van der Waals surface area contributed by atoms with E-state index in [0.29, 0.717) is 11.6 Å². The van der Waals surface area contributed by atoms with E-state index in [2.05, 4.69) is 4.90 Å². The van der Waals surface area contributed by atoms with E-state index in [1.807, 2.05) is 20.0 Å². The molecule has 0 saturated carbocycles. The number of rotatable bonds is 3. The number of hydrogen-bond acceptors (Lipinski definition) is 3. The summed E-state index contributed by atoms with van der Waals surface area (Å²) >= 11 is 0. The van der Waals surface area contributed by atoms with Gasteiger partial charge in [-0.3, -0.25) is 0 Å². The minimum Gasteiger partial charge on any atom is -0.381 e. The highest BCUT2D eigenvalue weighted by atomic mass is 19.1. The quantitative estimate of drug-likeness (QED) is 0.898. The van der Waals surface area contributed by atoms with Gasteiger partial charge in [-0.2, -0.15) is 0 Å². The van der Waals surface area contributed by atoms with Crippen LogP contribution in [-0.2, 0) is 4.74 Å². The first-order valence-electron chi connectivity index (χ1n) is 6.46. The Hall–Kier alpha value is -1.13. The third kappa shape index (κ3) is 2.65. The van der Waals surface area contributed by atoms with Crippen molar-refractivity contribution in [2.45, 2.75) is 31.8 Å². The second kappa shape index (κ2) is 5.67. The maximum Gasteiger partial charge on any atom is 0.130 e. The summed E-state index contributed by atoms with van der Waals surface area (Å²) in [6.45, 7) is 3.37. The van der Waals surface area contributed by atoms with E-state index in [1.165, 1.54) is 6.07 Å². The fourth-order valence-electron chi connectivity index (χ4n) is 2.55. The molecule has 1 aliphatic rings. The Labute approximate surface area is 108 Å². The number of nitrogens with zero attached hydrogens (tertiary/aromatic N) is 1. The van der Waals surface area contributed by atoms with Gasteiger partial charge >= 0.3 is 0 Å². The van der Waals surface area contributed by atoms with Crippen LogP contribution >= 0.6 is 0 Å². The number of anilines is 1. The van der Waals surface area contributed by atoms with Gasteiger partial charge in [0, 0.05) is 43.6 Å². The van der Waals surface area contributed by atoms with Gasteiger partial charge in [-0.25, -0.2) is 4.39 Å². The first kappa shape index (κ1) is 13.3. The average Bonchev–Trinajstić information content (AvgIpc) is 2.38. The van der Waals surface area contributed by atoms with Gasteiger partial charge in [-0.15, -0.1) is 0 Å². The summed E-state index contributed by atoms with van der Waals surface area (Å²) in [6.07, 6.45) is 1.96. The Balaban J connectivity index is 2.28. The van der Waals surface area contributed by atoms with Crippen LogP contribution in [-0.4, -0.2) is 26.3 Å². The molecule has 2 rings (SSSR count). The summed E-state index contributed by atoms with van der Waals surface area (Å²) in [5, 5.41) is 0. The second-order valence-electron chi connectivity index (χ2n) is 4.92. The number of halogens is 1. The molecule has 1 atom stereocenters. The zero-order chi connectivity index (χ0) is 13.1. The molecule has 0 bridgehead atoms. The van der Waals surface area contributed by atoms with E-state index in [4.69, 9.17) is 10.5 Å². The van der Waals surface area contributed by atoms with E-state index in [-0.39, 0.29) is 11.9 Å². The van der Waals surface area contributed by atoms with Gasteiger partial charge in [0.15, 0.2) is 0 Å². The SMILES string of the molecule is C[C@H](N)c1c(F)cccc1N(C)C1CCOCC1. The predicted molar refractivity (Wildman–Crippen MR) is 71.2 cm³/mol. The number of ether oxygens (including phenoxy) is 1. The van der Waals surface area contributed by atoms with Crippen molar-refractivity contribution >= 4 is 5.69 Å². The van der Waals surface area contributed by atoms with Crippen molar-refractivity contribution in [1.82, 2.24) is 0 Å². The third-order valence-corrected chi connectivity index (χ3v) is 3.60. The van der Waals surface area contributed by atoms with Crippen LogP contribution in [0.1, 0.15) is 31.4 Å². The van der Waals surface area contributed by atoms with E-state index in [0.717, 1.165) is 31.7 Å². The molecule has 0 unspecified atom stereocenters. The molecule has 18 heavy (non-hydrogen) atoms. The van der Waals surface area contributed by atoms with Crippen LogP contribution in [0.4, 0.5) is 10.1 Å². The molecule has 4 heteroatoms. The monoisotopic (exact) mass is 252 g/mol. The van der Waals surface area contributed by atoms with Crippen molar-refractivity contribution in [1.29, 1.82) is 0 Å². The molecule has 1 heterocycles. The zero-order valence-electron chi connectivity index (χ0n) is 11.0. The van der Waals surface area contributed by atoms with Gasteiger partial charge in [0.2, 0.25) is 0 Å². The summed E-state index contributed by atoms with van der Waals surface area (Å²) in [5.41, 5.74) is 7.39. The van der Waals surface area contributed by atoms with Crippen molar-refractivity contribution in [3.63, 3.8) is 0 Å². The minimum atomic E-state index is -0.302. The van der Waals surface area contributed by atoms with Gasteiger partial charge in [-0.05, 0) is 31.9 Å². The molecule has 1 aliphatic heterocycles. The Morgan fingerprint density at radius 3 is 2.67 bits per heavy atom. The number of nitrogens with two attached hydrogens (primary N) is 1. The summed E-state index contributed by atoms with van der Waals surface area (Å²) < 4.78 is 19.3.